The number of hydrogen-bond acceptors (Lipinski definition) is 2. The lowest BCUT2D eigenvalue weighted by atomic mass is 9.77. The minimum absolute atomic E-state index is 0.273. The third kappa shape index (κ3) is 2.68. The van der Waals surface area contributed by atoms with Crippen molar-refractivity contribution >= 4 is 10.8 Å². The van der Waals surface area contributed by atoms with Crippen LogP contribution in [-0.2, 0) is 17.8 Å². The lowest BCUT2D eigenvalue weighted by molar-refractivity contribution is 0.240. The zero-order valence-corrected chi connectivity index (χ0v) is 12.6. The van der Waals surface area contributed by atoms with E-state index in [1.165, 1.54) is 12.8 Å². The van der Waals surface area contributed by atoms with Gasteiger partial charge < -0.3 is 4.57 Å². The van der Waals surface area contributed by atoms with Crippen LogP contribution in [0.3, 0.4) is 0 Å². The first-order chi connectivity index (χ1) is 8.50. The third-order valence-electron chi connectivity index (χ3n) is 4.19. The zero-order valence-electron chi connectivity index (χ0n) is 11.8. The van der Waals surface area contributed by atoms with Gasteiger partial charge in [-0.3, -0.25) is 4.21 Å². The summed E-state index contributed by atoms with van der Waals surface area (Å²) in [5.74, 6) is 1.86. The highest BCUT2D eigenvalue weighted by atomic mass is 32.2. The summed E-state index contributed by atoms with van der Waals surface area (Å²) < 4.78 is 14.7. The molecule has 1 heterocycles. The normalized spacial score (nSPS) is 30.6. The van der Waals surface area contributed by atoms with Crippen molar-refractivity contribution in [1.29, 1.82) is 0 Å². The van der Waals surface area contributed by atoms with Crippen LogP contribution in [0.5, 0.6) is 0 Å². The van der Waals surface area contributed by atoms with Gasteiger partial charge in [0.1, 0.15) is 0 Å². The monoisotopic (exact) mass is 268 g/mol. The van der Waals surface area contributed by atoms with Crippen LogP contribution < -0.4 is 0 Å². The number of hydrogen-bond donors (Lipinski definition) is 0. The van der Waals surface area contributed by atoms with Gasteiger partial charge in [-0.15, -0.1) is 0 Å². The summed E-state index contributed by atoms with van der Waals surface area (Å²) in [6, 6.07) is 0. The standard InChI is InChI=1S/C14H24N2OS/c1-10(2)12-6-5-11(3)9-13(12)18(17)14-15-7-8-16(14)4/h7-8,10-13H,5-6,9H2,1-4H3/t11-,12+,13+,18?/m1/s1. The first-order valence-electron chi connectivity index (χ1n) is 6.88. The molecule has 2 rings (SSSR count). The van der Waals surface area contributed by atoms with Crippen LogP contribution in [0.4, 0.5) is 0 Å². The molecule has 1 aliphatic carbocycles. The van der Waals surface area contributed by atoms with Crippen molar-refractivity contribution in [2.45, 2.75) is 50.4 Å². The molecular formula is C14H24N2OS. The molecule has 0 aromatic carbocycles. The van der Waals surface area contributed by atoms with E-state index < -0.39 is 10.8 Å². The molecule has 0 bridgehead atoms. The fourth-order valence-electron chi connectivity index (χ4n) is 3.04. The molecule has 0 N–H and O–H groups in total. The predicted molar refractivity (Wildman–Crippen MR) is 74.7 cm³/mol. The average molecular weight is 268 g/mol. The summed E-state index contributed by atoms with van der Waals surface area (Å²) in [7, 11) is 0.958. The Morgan fingerprint density at radius 2 is 2.17 bits per heavy atom. The van der Waals surface area contributed by atoms with Crippen LogP contribution in [0, 0.1) is 17.8 Å². The topological polar surface area (TPSA) is 34.9 Å². The molecule has 4 atom stereocenters. The molecule has 102 valence electrons. The summed E-state index contributed by atoms with van der Waals surface area (Å²) in [6.07, 6.45) is 7.17. The van der Waals surface area contributed by atoms with Gasteiger partial charge in [-0.2, -0.15) is 0 Å². The van der Waals surface area contributed by atoms with E-state index in [2.05, 4.69) is 25.8 Å². The number of nitrogens with zero attached hydrogens (tertiary/aromatic N) is 2. The molecule has 1 aliphatic rings. The van der Waals surface area contributed by atoms with Gasteiger partial charge in [0.25, 0.3) is 0 Å². The van der Waals surface area contributed by atoms with Crippen molar-refractivity contribution in [3.05, 3.63) is 12.4 Å². The molecule has 0 saturated heterocycles. The highest BCUT2D eigenvalue weighted by Gasteiger charge is 2.36. The minimum atomic E-state index is -0.970. The third-order valence-corrected chi connectivity index (χ3v) is 6.04. The number of aromatic nitrogens is 2. The molecule has 1 unspecified atom stereocenters. The van der Waals surface area contributed by atoms with E-state index in [0.29, 0.717) is 17.8 Å². The lowest BCUT2D eigenvalue weighted by Gasteiger charge is -2.36. The van der Waals surface area contributed by atoms with Crippen LogP contribution in [0.15, 0.2) is 17.6 Å². The van der Waals surface area contributed by atoms with Crippen molar-refractivity contribution in [1.82, 2.24) is 9.55 Å². The van der Waals surface area contributed by atoms with E-state index in [9.17, 15) is 4.21 Å². The molecule has 4 heteroatoms. The van der Waals surface area contributed by atoms with Gasteiger partial charge in [-0.25, -0.2) is 4.98 Å². The molecule has 0 spiro atoms. The van der Waals surface area contributed by atoms with E-state index in [4.69, 9.17) is 0 Å². The van der Waals surface area contributed by atoms with Crippen LogP contribution in [0.25, 0.3) is 0 Å². The van der Waals surface area contributed by atoms with E-state index in [1.54, 1.807) is 6.20 Å². The van der Waals surface area contributed by atoms with Gasteiger partial charge in [-0.05, 0) is 30.6 Å². The smallest absolute Gasteiger partial charge is 0.199 e. The Kier molecular flexibility index (Phi) is 4.25. The van der Waals surface area contributed by atoms with Gasteiger partial charge in [0.05, 0.1) is 10.8 Å². The summed E-state index contributed by atoms with van der Waals surface area (Å²) in [4.78, 5) is 4.27. The fraction of sp³-hybridized carbons (Fsp3) is 0.786. The molecule has 0 amide bonds. The van der Waals surface area contributed by atoms with Crippen molar-refractivity contribution in [3.63, 3.8) is 0 Å². The van der Waals surface area contributed by atoms with Crippen molar-refractivity contribution in [2.75, 3.05) is 0 Å². The molecule has 0 radical (unpaired) electrons. The Balaban J connectivity index is 2.23. The molecule has 3 nitrogen and oxygen atoms in total. The minimum Gasteiger partial charge on any atom is -0.327 e. The maximum Gasteiger partial charge on any atom is 0.199 e. The number of rotatable bonds is 3. The van der Waals surface area contributed by atoms with Crippen LogP contribution in [0.1, 0.15) is 40.0 Å². The highest BCUT2D eigenvalue weighted by molar-refractivity contribution is 7.85. The maximum atomic E-state index is 12.8. The van der Waals surface area contributed by atoms with Crippen LogP contribution >= 0.6 is 0 Å². The van der Waals surface area contributed by atoms with Gasteiger partial charge in [0, 0.05) is 24.7 Å². The highest BCUT2D eigenvalue weighted by Crippen LogP contribution is 2.37. The Morgan fingerprint density at radius 3 is 2.72 bits per heavy atom. The molecule has 0 aliphatic heterocycles. The number of aryl methyl sites for hydroxylation is 1. The average Bonchev–Trinajstić information content (AvgIpc) is 2.74. The number of imidazole rings is 1. The SMILES string of the molecule is CC(C)[C@@H]1CC[C@@H](C)C[C@@H]1S(=O)c1nccn1C. The van der Waals surface area contributed by atoms with Crippen molar-refractivity contribution in [3.8, 4) is 0 Å². The molecule has 1 aromatic heterocycles. The maximum absolute atomic E-state index is 12.8. The Labute approximate surface area is 112 Å². The molecule has 1 saturated carbocycles. The van der Waals surface area contributed by atoms with Gasteiger partial charge in [0.15, 0.2) is 5.16 Å². The largest absolute Gasteiger partial charge is 0.327 e. The van der Waals surface area contributed by atoms with E-state index >= 15 is 0 Å². The molecule has 1 fully saturated rings. The lowest BCUT2D eigenvalue weighted by Crippen LogP contribution is -2.36. The second kappa shape index (κ2) is 5.55. The Morgan fingerprint density at radius 1 is 1.44 bits per heavy atom. The van der Waals surface area contributed by atoms with Gasteiger partial charge in [0.2, 0.25) is 0 Å². The van der Waals surface area contributed by atoms with Crippen LogP contribution in [0.2, 0.25) is 0 Å². The van der Waals surface area contributed by atoms with Gasteiger partial charge >= 0.3 is 0 Å². The van der Waals surface area contributed by atoms with E-state index in [-0.39, 0.29) is 5.25 Å². The molecule has 1 aromatic rings. The van der Waals surface area contributed by atoms with Gasteiger partial charge in [-0.1, -0.05) is 27.2 Å². The second-order valence-corrected chi connectivity index (χ2v) is 7.55. The fourth-order valence-corrected chi connectivity index (χ4v) is 5.09. The second-order valence-electron chi connectivity index (χ2n) is 5.98. The Bertz CT molecular complexity index is 427. The molecular weight excluding hydrogens is 244 g/mol. The first kappa shape index (κ1) is 13.8. The Hall–Kier alpha value is -0.640. The summed E-state index contributed by atoms with van der Waals surface area (Å²) >= 11 is 0. The summed E-state index contributed by atoms with van der Waals surface area (Å²) in [5, 5.41) is 1.01. The zero-order chi connectivity index (χ0) is 13.3. The predicted octanol–water partition coefficient (Wildman–Crippen LogP) is 2.99. The first-order valence-corrected chi connectivity index (χ1v) is 8.10. The summed E-state index contributed by atoms with van der Waals surface area (Å²) in [5.41, 5.74) is 0. The summed E-state index contributed by atoms with van der Waals surface area (Å²) in [6.45, 7) is 6.78. The molecule has 18 heavy (non-hydrogen) atoms. The van der Waals surface area contributed by atoms with E-state index in [0.717, 1.165) is 11.6 Å². The van der Waals surface area contributed by atoms with Crippen molar-refractivity contribution in [2.24, 2.45) is 24.8 Å². The quantitative estimate of drug-likeness (QED) is 0.844. The van der Waals surface area contributed by atoms with E-state index in [1.807, 2.05) is 17.8 Å². The van der Waals surface area contributed by atoms with Crippen LogP contribution in [-0.4, -0.2) is 19.0 Å². The van der Waals surface area contributed by atoms with Crippen molar-refractivity contribution < 1.29 is 4.21 Å².